The Kier molecular flexibility index (Phi) is 4.22. The van der Waals surface area contributed by atoms with Gasteiger partial charge in [-0.15, -0.1) is 0 Å². The summed E-state index contributed by atoms with van der Waals surface area (Å²) in [5.41, 5.74) is 1.30. The second kappa shape index (κ2) is 5.94. The molecule has 0 saturated heterocycles. The van der Waals surface area contributed by atoms with Gasteiger partial charge in [0.2, 0.25) is 0 Å². The van der Waals surface area contributed by atoms with E-state index in [0.717, 1.165) is 44.4 Å². The lowest BCUT2D eigenvalue weighted by Gasteiger charge is -2.48. The minimum atomic E-state index is -0.576. The molecule has 140 valence electrons. The molecule has 5 aliphatic rings. The summed E-state index contributed by atoms with van der Waals surface area (Å²) < 4.78 is 0. The van der Waals surface area contributed by atoms with Crippen LogP contribution >= 0.6 is 0 Å². The van der Waals surface area contributed by atoms with Crippen molar-refractivity contribution in [1.82, 2.24) is 5.32 Å². The molecule has 0 aromatic rings. The van der Waals surface area contributed by atoms with Gasteiger partial charge in [0, 0.05) is 5.92 Å². The van der Waals surface area contributed by atoms with Crippen molar-refractivity contribution in [2.45, 2.75) is 70.0 Å². The zero-order valence-corrected chi connectivity index (χ0v) is 16.1. The first-order valence-corrected chi connectivity index (χ1v) is 10.3. The first-order valence-electron chi connectivity index (χ1n) is 10.3. The zero-order valence-electron chi connectivity index (χ0n) is 16.1. The van der Waals surface area contributed by atoms with Crippen molar-refractivity contribution in [3.05, 3.63) is 23.8 Å². The molecule has 0 heterocycles. The summed E-state index contributed by atoms with van der Waals surface area (Å²) in [5.74, 6) is 1.67. The maximum Gasteiger partial charge on any atom is 0.0899 e. The van der Waals surface area contributed by atoms with E-state index < -0.39 is 5.60 Å². The third-order valence-corrected chi connectivity index (χ3v) is 8.15. The van der Waals surface area contributed by atoms with Gasteiger partial charge in [-0.1, -0.05) is 25.2 Å². The van der Waals surface area contributed by atoms with E-state index in [1.54, 1.807) is 0 Å². The lowest BCUT2D eigenvalue weighted by Crippen LogP contribution is -2.48. The summed E-state index contributed by atoms with van der Waals surface area (Å²) in [6, 6.07) is 0. The van der Waals surface area contributed by atoms with Crippen molar-refractivity contribution in [2.75, 3.05) is 14.1 Å². The van der Waals surface area contributed by atoms with Crippen LogP contribution in [0.3, 0.4) is 0 Å². The second-order valence-electron chi connectivity index (χ2n) is 9.65. The Morgan fingerprint density at radius 2 is 1.92 bits per heavy atom. The third kappa shape index (κ3) is 2.49. The van der Waals surface area contributed by atoms with Gasteiger partial charge in [0.1, 0.15) is 0 Å². The van der Waals surface area contributed by atoms with Gasteiger partial charge in [-0.2, -0.15) is 0 Å². The first kappa shape index (κ1) is 17.8. The molecule has 25 heavy (non-hydrogen) atoms. The average Bonchev–Trinajstić information content (AvgIpc) is 3.09. The van der Waals surface area contributed by atoms with Crippen LogP contribution in [0.15, 0.2) is 23.8 Å². The lowest BCUT2D eigenvalue weighted by atomic mass is 9.60. The molecule has 3 nitrogen and oxygen atoms in total. The molecule has 3 saturated carbocycles. The van der Waals surface area contributed by atoms with Crippen LogP contribution in [0.4, 0.5) is 0 Å². The molecule has 3 fully saturated rings. The Balaban J connectivity index is 0.000000490. The van der Waals surface area contributed by atoms with Crippen LogP contribution in [0.1, 0.15) is 58.3 Å². The summed E-state index contributed by atoms with van der Waals surface area (Å²) in [6.45, 7) is 2.33. The maximum atomic E-state index is 11.7. The molecular formula is C22H35NO2. The Bertz CT molecular complexity index is 599. The van der Waals surface area contributed by atoms with Crippen LogP contribution in [-0.2, 0) is 0 Å². The van der Waals surface area contributed by atoms with Crippen molar-refractivity contribution >= 4 is 0 Å². The fourth-order valence-corrected chi connectivity index (χ4v) is 6.91. The molecule has 0 aliphatic heterocycles. The Morgan fingerprint density at radius 3 is 2.68 bits per heavy atom. The van der Waals surface area contributed by atoms with Gasteiger partial charge >= 0.3 is 0 Å². The minimum Gasteiger partial charge on any atom is -0.393 e. The van der Waals surface area contributed by atoms with E-state index >= 15 is 0 Å². The van der Waals surface area contributed by atoms with Gasteiger partial charge in [-0.3, -0.25) is 0 Å². The van der Waals surface area contributed by atoms with Gasteiger partial charge < -0.3 is 15.5 Å². The van der Waals surface area contributed by atoms with Crippen LogP contribution in [0.25, 0.3) is 0 Å². The maximum absolute atomic E-state index is 11.7. The highest BCUT2D eigenvalue weighted by Gasteiger charge is 2.68. The number of hydrogen-bond donors (Lipinski definition) is 3. The molecule has 0 aromatic heterocycles. The van der Waals surface area contributed by atoms with Crippen LogP contribution in [0, 0.1) is 28.6 Å². The summed E-state index contributed by atoms with van der Waals surface area (Å²) in [4.78, 5) is 0. The van der Waals surface area contributed by atoms with Crippen molar-refractivity contribution in [2.24, 2.45) is 28.6 Å². The predicted octanol–water partition coefficient (Wildman–Crippen LogP) is 3.43. The highest BCUT2D eigenvalue weighted by molar-refractivity contribution is 5.39. The van der Waals surface area contributed by atoms with Gasteiger partial charge in [0.15, 0.2) is 0 Å². The van der Waals surface area contributed by atoms with E-state index in [9.17, 15) is 10.2 Å². The molecule has 0 amide bonds. The Morgan fingerprint density at radius 1 is 1.16 bits per heavy atom. The summed E-state index contributed by atoms with van der Waals surface area (Å²) >= 11 is 0. The molecule has 3 heteroatoms. The number of aliphatic hydroxyl groups is 2. The predicted molar refractivity (Wildman–Crippen MR) is 101 cm³/mol. The van der Waals surface area contributed by atoms with Crippen LogP contribution in [-0.4, -0.2) is 36.0 Å². The monoisotopic (exact) mass is 345 g/mol. The van der Waals surface area contributed by atoms with Crippen molar-refractivity contribution in [3.8, 4) is 0 Å². The first-order chi connectivity index (χ1) is 11.9. The number of rotatable bonds is 0. The quantitative estimate of drug-likeness (QED) is 0.590. The van der Waals surface area contributed by atoms with Crippen molar-refractivity contribution in [1.29, 1.82) is 0 Å². The summed E-state index contributed by atoms with van der Waals surface area (Å²) in [6.07, 6.45) is 15.5. The number of allylic oxidation sites excluding steroid dienone is 3. The van der Waals surface area contributed by atoms with E-state index in [-0.39, 0.29) is 11.5 Å². The molecule has 6 unspecified atom stereocenters. The number of hydrogen-bond acceptors (Lipinski definition) is 3. The highest BCUT2D eigenvalue weighted by atomic mass is 16.3. The van der Waals surface area contributed by atoms with E-state index in [2.05, 4.69) is 30.5 Å². The average molecular weight is 346 g/mol. The van der Waals surface area contributed by atoms with Crippen molar-refractivity contribution in [3.63, 3.8) is 0 Å². The molecule has 5 rings (SSSR count). The summed E-state index contributed by atoms with van der Waals surface area (Å²) in [5, 5.41) is 24.7. The van der Waals surface area contributed by atoms with Gasteiger partial charge in [-0.05, 0) is 93.7 Å². The fraction of sp³-hybridized carbons (Fsp3) is 0.818. The summed E-state index contributed by atoms with van der Waals surface area (Å²) in [7, 11) is 3.75. The van der Waals surface area contributed by atoms with Gasteiger partial charge in [0.05, 0.1) is 11.7 Å². The molecule has 0 bridgehead atoms. The van der Waals surface area contributed by atoms with Gasteiger partial charge in [0.25, 0.3) is 0 Å². The van der Waals surface area contributed by atoms with Crippen molar-refractivity contribution < 1.29 is 10.2 Å². The smallest absolute Gasteiger partial charge is 0.0899 e. The van der Waals surface area contributed by atoms with Crippen LogP contribution < -0.4 is 5.32 Å². The van der Waals surface area contributed by atoms with E-state index in [1.165, 1.54) is 18.4 Å². The molecular weight excluding hydrogens is 310 g/mol. The van der Waals surface area contributed by atoms with Crippen LogP contribution in [0.5, 0.6) is 0 Å². The van der Waals surface area contributed by atoms with E-state index in [4.69, 9.17) is 0 Å². The standard InChI is InChI=1S/C20H28O2.C2H7N/c1-18-8-2-3-17(18)20(22)10-6-13-4-5-14(21)11-19(13)12-16(19)15(20)7-9-18;1-3-2/h2,7-8,13-14,16-17,21-22H,3-6,9-12H2,1H3;3H,1-2H3/t13?,14?,16?,17?,18?,19?,20-;/m1./s1. The number of aliphatic hydroxyl groups excluding tert-OH is 1. The largest absolute Gasteiger partial charge is 0.393 e. The Labute approximate surface area is 152 Å². The molecule has 0 radical (unpaired) electrons. The SMILES string of the molecule is CC12C=CCC1[C@@]1(O)CCC3CCC(O)CC34CC4C1=CC2.CNC. The molecule has 1 spiro atoms. The molecule has 0 aromatic carbocycles. The molecule has 7 atom stereocenters. The topological polar surface area (TPSA) is 52.5 Å². The number of fused-ring (bicyclic) bond motifs is 4. The normalized spacial score (nSPS) is 52.4. The fourth-order valence-electron chi connectivity index (χ4n) is 6.91. The second-order valence-corrected chi connectivity index (χ2v) is 9.65. The van der Waals surface area contributed by atoms with E-state index in [0.29, 0.717) is 17.3 Å². The third-order valence-electron chi connectivity index (χ3n) is 8.15. The highest BCUT2D eigenvalue weighted by Crippen LogP contribution is 2.73. The number of nitrogens with one attached hydrogen (secondary N) is 1. The lowest BCUT2D eigenvalue weighted by molar-refractivity contribution is -0.0411. The zero-order chi connectivity index (χ0) is 17.9. The van der Waals surface area contributed by atoms with E-state index in [1.807, 2.05) is 14.1 Å². The van der Waals surface area contributed by atoms with Crippen LogP contribution in [0.2, 0.25) is 0 Å². The van der Waals surface area contributed by atoms with Gasteiger partial charge in [-0.25, -0.2) is 0 Å². The Hall–Kier alpha value is -0.640. The molecule has 5 aliphatic carbocycles. The minimum absolute atomic E-state index is 0.102. The molecule has 3 N–H and O–H groups in total.